The maximum absolute atomic E-state index is 14.6. The molecule has 0 amide bonds. The second-order valence-electron chi connectivity index (χ2n) is 9.92. The van der Waals surface area contributed by atoms with Gasteiger partial charge in [-0.15, -0.1) is 0 Å². The van der Waals surface area contributed by atoms with Gasteiger partial charge in [0, 0.05) is 47.9 Å². The third kappa shape index (κ3) is 6.52. The molecule has 0 aliphatic heterocycles. The minimum Gasteiger partial charge on any atom is -0.388 e. The van der Waals surface area contributed by atoms with Crippen LogP contribution in [0.1, 0.15) is 44.1 Å². The van der Waals surface area contributed by atoms with Crippen molar-refractivity contribution >= 4 is 22.3 Å². The van der Waals surface area contributed by atoms with Gasteiger partial charge in [0.15, 0.2) is 0 Å². The number of fused-ring (bicyclic) bond motifs is 1. The lowest BCUT2D eigenvalue weighted by Crippen LogP contribution is -2.12. The van der Waals surface area contributed by atoms with Crippen LogP contribution in [0.4, 0.5) is 10.1 Å². The number of H-pyrrole nitrogens is 1. The molecule has 0 atom stereocenters. The van der Waals surface area contributed by atoms with Crippen molar-refractivity contribution < 1.29 is 4.39 Å². The van der Waals surface area contributed by atoms with Crippen LogP contribution in [-0.2, 0) is 6.42 Å². The van der Waals surface area contributed by atoms with Gasteiger partial charge in [-0.1, -0.05) is 57.3 Å². The zero-order valence-corrected chi connectivity index (χ0v) is 23.1. The summed E-state index contributed by atoms with van der Waals surface area (Å²) in [6.45, 7) is 14.5. The molecule has 2 heterocycles. The predicted molar refractivity (Wildman–Crippen MR) is 162 cm³/mol. The molecule has 3 N–H and O–H groups in total. The van der Waals surface area contributed by atoms with Gasteiger partial charge < -0.3 is 15.6 Å². The molecular formula is C33H36FN5. The average molecular weight is 522 g/mol. The highest BCUT2D eigenvalue weighted by atomic mass is 19.1. The van der Waals surface area contributed by atoms with Gasteiger partial charge in [0.2, 0.25) is 0 Å². The number of nitrogens with one attached hydrogen (secondary N) is 3. The van der Waals surface area contributed by atoms with Crippen molar-refractivity contribution in [1.29, 1.82) is 0 Å². The Hall–Kier alpha value is -4.45. The third-order valence-electron chi connectivity index (χ3n) is 6.49. The molecule has 4 aromatic rings. The predicted octanol–water partition coefficient (Wildman–Crippen LogP) is 8.02. The fourth-order valence-electron chi connectivity index (χ4n) is 4.68. The average Bonchev–Trinajstić information content (AvgIpc) is 3.33. The number of benzene rings is 2. The van der Waals surface area contributed by atoms with Crippen molar-refractivity contribution in [2.24, 2.45) is 5.92 Å². The van der Waals surface area contributed by atoms with Gasteiger partial charge in [0.1, 0.15) is 11.6 Å². The maximum atomic E-state index is 14.6. The Bertz CT molecular complexity index is 1560. The van der Waals surface area contributed by atoms with Gasteiger partial charge in [0.05, 0.1) is 17.2 Å². The lowest BCUT2D eigenvalue weighted by molar-refractivity contribution is 0.622. The largest absolute Gasteiger partial charge is 0.388 e. The molecule has 2 aromatic carbocycles. The number of anilines is 1. The summed E-state index contributed by atoms with van der Waals surface area (Å²) in [5.74, 6) is 1.00. The first kappa shape index (κ1) is 27.6. The Morgan fingerprint density at radius 3 is 2.62 bits per heavy atom. The van der Waals surface area contributed by atoms with Crippen LogP contribution in [0.15, 0.2) is 97.6 Å². The molecule has 0 bridgehead atoms. The summed E-state index contributed by atoms with van der Waals surface area (Å²) in [6, 6.07) is 13.0. The lowest BCUT2D eigenvalue weighted by atomic mass is 9.98. The van der Waals surface area contributed by atoms with Gasteiger partial charge in [0.25, 0.3) is 0 Å². The first-order valence-corrected chi connectivity index (χ1v) is 13.2. The van der Waals surface area contributed by atoms with E-state index in [2.05, 4.69) is 78.0 Å². The second-order valence-corrected chi connectivity index (χ2v) is 9.92. The van der Waals surface area contributed by atoms with Crippen molar-refractivity contribution in [2.75, 3.05) is 12.4 Å². The zero-order valence-electron chi connectivity index (χ0n) is 23.1. The van der Waals surface area contributed by atoms with Crippen LogP contribution in [-0.4, -0.2) is 22.0 Å². The van der Waals surface area contributed by atoms with Crippen molar-refractivity contribution in [3.8, 4) is 11.1 Å². The van der Waals surface area contributed by atoms with Crippen LogP contribution in [0.25, 0.3) is 27.7 Å². The standard InChI is InChI=1S/C33H36FN5/c1-7-23(17-26(8-2)37-22(5)15-21(3)4)24-13-14-30(35-6)25(16-24)18-32-38-31-20-36-19-28(33(31)39-32)27-11-9-10-12-29(27)34/h7-14,16-17,19-21,35,37H,2,5,15,18H2,1,3-4,6H3,(H,38,39)/b23-7+,26-17+. The highest BCUT2D eigenvalue weighted by Crippen LogP contribution is 2.30. The summed E-state index contributed by atoms with van der Waals surface area (Å²) in [5, 5.41) is 6.69. The summed E-state index contributed by atoms with van der Waals surface area (Å²) < 4.78 is 14.6. The van der Waals surface area contributed by atoms with Crippen molar-refractivity contribution in [2.45, 2.75) is 33.6 Å². The lowest BCUT2D eigenvalue weighted by Gasteiger charge is -2.15. The molecule has 39 heavy (non-hydrogen) atoms. The molecule has 0 saturated carbocycles. The smallest absolute Gasteiger partial charge is 0.131 e. The van der Waals surface area contributed by atoms with E-state index in [-0.39, 0.29) is 5.82 Å². The quantitative estimate of drug-likeness (QED) is 0.175. The highest BCUT2D eigenvalue weighted by molar-refractivity contribution is 5.91. The van der Waals surface area contributed by atoms with Crippen LogP contribution in [0.2, 0.25) is 0 Å². The summed E-state index contributed by atoms with van der Waals surface area (Å²) >= 11 is 0. The van der Waals surface area contributed by atoms with Crippen LogP contribution < -0.4 is 10.6 Å². The highest BCUT2D eigenvalue weighted by Gasteiger charge is 2.15. The molecule has 0 unspecified atom stereocenters. The fraction of sp³-hybridized carbons (Fsp3) is 0.212. The van der Waals surface area contributed by atoms with E-state index in [0.717, 1.165) is 51.5 Å². The molecule has 0 fully saturated rings. The Balaban J connectivity index is 1.66. The van der Waals surface area contributed by atoms with E-state index >= 15 is 0 Å². The van der Waals surface area contributed by atoms with Gasteiger partial charge in [-0.25, -0.2) is 9.37 Å². The molecule has 0 spiro atoms. The summed E-state index contributed by atoms with van der Waals surface area (Å²) in [5.41, 5.74) is 8.73. The SMILES string of the molecule is C=C/C(=C\C(=C/C)c1ccc(NC)c(Cc2nc3c(-c4ccccc4F)cncc3[nH]2)c1)NC(=C)CC(C)C. The van der Waals surface area contributed by atoms with Gasteiger partial charge in [-0.2, -0.15) is 0 Å². The Morgan fingerprint density at radius 1 is 1.13 bits per heavy atom. The van der Waals surface area contributed by atoms with Gasteiger partial charge in [-0.3, -0.25) is 4.98 Å². The summed E-state index contributed by atoms with van der Waals surface area (Å²) in [6.07, 6.45) is 10.8. The first-order valence-electron chi connectivity index (χ1n) is 13.2. The Morgan fingerprint density at radius 2 is 1.92 bits per heavy atom. The van der Waals surface area contributed by atoms with E-state index in [0.29, 0.717) is 29.0 Å². The minimum absolute atomic E-state index is 0.297. The van der Waals surface area contributed by atoms with Crippen molar-refractivity contribution in [3.05, 3.63) is 120 Å². The number of aromatic amines is 1. The number of rotatable bonds is 11. The number of nitrogens with zero attached hydrogens (tertiary/aromatic N) is 2. The van der Waals surface area contributed by atoms with E-state index in [1.165, 1.54) is 6.07 Å². The van der Waals surface area contributed by atoms with E-state index < -0.39 is 0 Å². The van der Waals surface area contributed by atoms with E-state index in [9.17, 15) is 4.39 Å². The van der Waals surface area contributed by atoms with Crippen LogP contribution in [0.3, 0.4) is 0 Å². The number of pyridine rings is 1. The molecule has 2 aromatic heterocycles. The van der Waals surface area contributed by atoms with Crippen molar-refractivity contribution in [1.82, 2.24) is 20.3 Å². The summed E-state index contributed by atoms with van der Waals surface area (Å²) in [4.78, 5) is 12.6. The second kappa shape index (κ2) is 12.4. The van der Waals surface area contributed by atoms with E-state index in [1.807, 2.05) is 26.1 Å². The van der Waals surface area contributed by atoms with Crippen LogP contribution >= 0.6 is 0 Å². The van der Waals surface area contributed by atoms with Crippen LogP contribution in [0.5, 0.6) is 0 Å². The molecule has 0 saturated heterocycles. The number of imidazole rings is 1. The maximum Gasteiger partial charge on any atom is 0.131 e. The Labute approximate surface area is 230 Å². The molecule has 0 aliphatic rings. The molecule has 6 heteroatoms. The molecular weight excluding hydrogens is 485 g/mol. The van der Waals surface area contributed by atoms with Crippen LogP contribution in [0, 0.1) is 11.7 Å². The number of allylic oxidation sites excluding steroid dienone is 5. The number of hydrogen-bond donors (Lipinski definition) is 3. The zero-order chi connectivity index (χ0) is 27.9. The first-order chi connectivity index (χ1) is 18.8. The monoisotopic (exact) mass is 521 g/mol. The normalized spacial score (nSPS) is 12.2. The van der Waals surface area contributed by atoms with Gasteiger partial charge >= 0.3 is 0 Å². The Kier molecular flexibility index (Phi) is 8.77. The van der Waals surface area contributed by atoms with Crippen molar-refractivity contribution in [3.63, 3.8) is 0 Å². The molecule has 4 rings (SSSR count). The van der Waals surface area contributed by atoms with Gasteiger partial charge in [-0.05, 0) is 66.3 Å². The van der Waals surface area contributed by atoms with E-state index in [1.54, 1.807) is 24.5 Å². The molecule has 200 valence electrons. The molecule has 0 aliphatic carbocycles. The molecule has 0 radical (unpaired) electrons. The number of halogens is 1. The topological polar surface area (TPSA) is 65.6 Å². The summed E-state index contributed by atoms with van der Waals surface area (Å²) in [7, 11) is 1.91. The third-order valence-corrected chi connectivity index (χ3v) is 6.49. The molecule has 5 nitrogen and oxygen atoms in total. The van der Waals surface area contributed by atoms with E-state index in [4.69, 9.17) is 4.98 Å². The minimum atomic E-state index is -0.297. The fourth-order valence-corrected chi connectivity index (χ4v) is 4.68. The number of aromatic nitrogens is 3. The number of hydrogen-bond acceptors (Lipinski definition) is 4.